The summed E-state index contributed by atoms with van der Waals surface area (Å²) in [4.78, 5) is 27.2. The summed E-state index contributed by atoms with van der Waals surface area (Å²) in [5.41, 5.74) is -1.18. The number of aliphatic hydroxyl groups excluding tert-OH is 2. The topological polar surface area (TPSA) is 189 Å². The van der Waals surface area contributed by atoms with Crippen LogP contribution in [0.15, 0.2) is 45.5 Å². The third kappa shape index (κ3) is 11.3. The lowest BCUT2D eigenvalue weighted by Crippen LogP contribution is -2.50. The number of carbonyl (C=O) groups is 2. The van der Waals surface area contributed by atoms with Crippen LogP contribution < -0.4 is 10.6 Å². The molecule has 2 rings (SSSR count). The fraction of sp³-hybridized carbons (Fsp3) is 0.600. The molecule has 0 aromatic carbocycles. The maximum atomic E-state index is 9.48. The van der Waals surface area contributed by atoms with Crippen molar-refractivity contribution in [1.82, 2.24) is 10.6 Å². The van der Waals surface area contributed by atoms with Crippen molar-refractivity contribution in [2.75, 3.05) is 26.2 Å². The van der Waals surface area contributed by atoms with Crippen LogP contribution in [0.3, 0.4) is 0 Å². The number of nitrogens with one attached hydrogen (secondary N) is 2. The molecule has 0 aromatic heterocycles. The van der Waals surface area contributed by atoms with Crippen molar-refractivity contribution in [3.05, 3.63) is 25.3 Å². The average molecular weight is 455 g/mol. The first-order valence-electron chi connectivity index (χ1n) is 9.83. The van der Waals surface area contributed by atoms with E-state index in [1.807, 2.05) is 27.7 Å². The van der Waals surface area contributed by atoms with E-state index in [2.05, 4.69) is 44.0 Å². The smallest absolute Gasteiger partial charge is 0.327 e. The van der Waals surface area contributed by atoms with Crippen LogP contribution >= 0.6 is 0 Å². The Bertz CT molecular complexity index is 698. The second-order valence-electron chi connectivity index (χ2n) is 7.85. The highest BCUT2D eigenvalue weighted by Gasteiger charge is 2.32. The van der Waals surface area contributed by atoms with E-state index in [1.165, 1.54) is 0 Å². The van der Waals surface area contributed by atoms with Gasteiger partial charge < -0.3 is 31.1 Å². The molecule has 12 nitrogen and oxygen atoms in total. The van der Waals surface area contributed by atoms with E-state index in [4.69, 9.17) is 10.2 Å². The molecule has 0 bridgehead atoms. The summed E-state index contributed by atoms with van der Waals surface area (Å²) in [5, 5.41) is 49.2. The zero-order valence-electron chi connectivity index (χ0n) is 18.9. The fourth-order valence-electron chi connectivity index (χ4n) is 2.23. The van der Waals surface area contributed by atoms with E-state index in [-0.39, 0.29) is 0 Å². The minimum Gasteiger partial charge on any atom is -0.478 e. The molecule has 6 N–H and O–H groups in total. The predicted molar refractivity (Wildman–Crippen MR) is 121 cm³/mol. The van der Waals surface area contributed by atoms with Crippen LogP contribution in [-0.2, 0) is 9.59 Å². The highest BCUT2D eigenvalue weighted by Crippen LogP contribution is 2.19. The number of amidine groups is 2. The van der Waals surface area contributed by atoms with Gasteiger partial charge in [-0.05, 0) is 27.7 Å². The molecule has 180 valence electrons. The Morgan fingerprint density at radius 3 is 1.34 bits per heavy atom. The molecular formula is C20H34N6O6. The maximum absolute atomic E-state index is 9.48. The lowest BCUT2D eigenvalue weighted by atomic mass is 10.0. The van der Waals surface area contributed by atoms with Crippen LogP contribution in [0, 0.1) is 0 Å². The van der Waals surface area contributed by atoms with Gasteiger partial charge in [0.25, 0.3) is 0 Å². The molecule has 0 amide bonds. The van der Waals surface area contributed by atoms with Crippen molar-refractivity contribution in [2.24, 2.45) is 20.2 Å². The van der Waals surface area contributed by atoms with Crippen LogP contribution in [0.1, 0.15) is 27.7 Å². The van der Waals surface area contributed by atoms with E-state index in [0.29, 0.717) is 26.2 Å². The number of rotatable bonds is 6. The van der Waals surface area contributed by atoms with Crippen LogP contribution in [-0.4, -0.2) is 93.5 Å². The SMILES string of the molecule is C=CC(=O)O.C=CC(=O)O.CC(C)(N=NC(C)(C)C1=NCC(O)CN1)C1=NCC(O)CN1. The maximum Gasteiger partial charge on any atom is 0.327 e. The zero-order valence-corrected chi connectivity index (χ0v) is 18.9. The monoisotopic (exact) mass is 454 g/mol. The zero-order chi connectivity index (χ0) is 24.9. The number of aliphatic hydroxyl groups is 2. The minimum absolute atomic E-state index is 0.386. The lowest BCUT2D eigenvalue weighted by Gasteiger charge is -2.30. The average Bonchev–Trinajstić information content (AvgIpc) is 2.74. The van der Waals surface area contributed by atoms with Gasteiger partial charge in [-0.15, -0.1) is 0 Å². The van der Waals surface area contributed by atoms with Crippen LogP contribution in [0.4, 0.5) is 0 Å². The Morgan fingerprint density at radius 1 is 0.875 bits per heavy atom. The minimum atomic E-state index is -0.981. The first kappa shape index (κ1) is 28.9. The number of nitrogens with zero attached hydrogens (tertiary/aromatic N) is 4. The number of hydrogen-bond acceptors (Lipinski definition) is 10. The highest BCUT2D eigenvalue weighted by molar-refractivity contribution is 5.92. The van der Waals surface area contributed by atoms with Crippen molar-refractivity contribution >= 4 is 23.6 Å². The molecule has 0 saturated carbocycles. The van der Waals surface area contributed by atoms with Gasteiger partial charge in [-0.3, -0.25) is 9.98 Å². The normalized spacial score (nSPS) is 20.6. The Morgan fingerprint density at radius 2 is 1.16 bits per heavy atom. The van der Waals surface area contributed by atoms with Gasteiger partial charge in [-0.2, -0.15) is 10.2 Å². The molecule has 0 saturated heterocycles. The third-order valence-corrected chi connectivity index (χ3v) is 3.99. The van der Waals surface area contributed by atoms with E-state index in [9.17, 15) is 19.8 Å². The number of carboxylic acids is 2. The molecule has 2 atom stereocenters. The molecule has 12 heteroatoms. The quantitative estimate of drug-likeness (QED) is 0.243. The van der Waals surface area contributed by atoms with Gasteiger partial charge in [0.1, 0.15) is 22.7 Å². The van der Waals surface area contributed by atoms with E-state index < -0.39 is 35.2 Å². The van der Waals surface area contributed by atoms with Crippen LogP contribution in [0.2, 0.25) is 0 Å². The first-order chi connectivity index (χ1) is 14.7. The van der Waals surface area contributed by atoms with Gasteiger partial charge in [0.15, 0.2) is 0 Å². The van der Waals surface area contributed by atoms with Gasteiger partial charge in [-0.25, -0.2) is 9.59 Å². The van der Waals surface area contributed by atoms with Crippen LogP contribution in [0.5, 0.6) is 0 Å². The van der Waals surface area contributed by atoms with Crippen molar-refractivity contribution < 1.29 is 30.0 Å². The van der Waals surface area contributed by atoms with Crippen molar-refractivity contribution in [1.29, 1.82) is 0 Å². The van der Waals surface area contributed by atoms with Gasteiger partial charge >= 0.3 is 11.9 Å². The first-order valence-corrected chi connectivity index (χ1v) is 9.83. The molecule has 32 heavy (non-hydrogen) atoms. The van der Waals surface area contributed by atoms with Crippen molar-refractivity contribution in [3.8, 4) is 0 Å². The van der Waals surface area contributed by atoms with Gasteiger partial charge in [-0.1, -0.05) is 13.2 Å². The summed E-state index contributed by atoms with van der Waals surface area (Å²) in [6.45, 7) is 15.4. The second kappa shape index (κ2) is 13.3. The number of hydrogen-bond donors (Lipinski definition) is 6. The summed E-state index contributed by atoms with van der Waals surface area (Å²) in [6, 6.07) is 0. The van der Waals surface area contributed by atoms with Crippen molar-refractivity contribution in [2.45, 2.75) is 51.0 Å². The molecule has 2 heterocycles. The Labute approximate surface area is 187 Å². The molecule has 0 spiro atoms. The van der Waals surface area contributed by atoms with E-state index in [0.717, 1.165) is 23.8 Å². The van der Waals surface area contributed by atoms with E-state index in [1.54, 1.807) is 0 Å². The molecule has 2 aliphatic heterocycles. The number of carboxylic acid groups (broad SMARTS) is 2. The Hall–Kier alpha value is -3.12. The summed E-state index contributed by atoms with van der Waals surface area (Å²) in [7, 11) is 0. The highest BCUT2D eigenvalue weighted by atomic mass is 16.4. The van der Waals surface area contributed by atoms with E-state index >= 15 is 0 Å². The summed E-state index contributed by atoms with van der Waals surface area (Å²) in [6.07, 6.45) is 0.778. The molecular weight excluding hydrogens is 420 g/mol. The molecule has 2 aliphatic rings. The number of aliphatic imine (C=N–C) groups is 2. The summed E-state index contributed by atoms with van der Waals surface area (Å²) in [5.74, 6) is -0.507. The summed E-state index contributed by atoms with van der Waals surface area (Å²) < 4.78 is 0. The number of azo groups is 1. The van der Waals surface area contributed by atoms with Gasteiger partial charge in [0.2, 0.25) is 0 Å². The van der Waals surface area contributed by atoms with Crippen LogP contribution in [0.25, 0.3) is 0 Å². The van der Waals surface area contributed by atoms with Crippen molar-refractivity contribution in [3.63, 3.8) is 0 Å². The molecule has 0 aromatic rings. The number of aliphatic carboxylic acids is 2. The summed E-state index contributed by atoms with van der Waals surface area (Å²) >= 11 is 0. The Balaban J connectivity index is 0.000000805. The Kier molecular flexibility index (Phi) is 12.0. The third-order valence-electron chi connectivity index (χ3n) is 3.99. The molecule has 0 radical (unpaired) electrons. The fourth-order valence-corrected chi connectivity index (χ4v) is 2.23. The lowest BCUT2D eigenvalue weighted by molar-refractivity contribution is -0.132. The molecule has 0 aliphatic carbocycles. The predicted octanol–water partition coefficient (Wildman–Crippen LogP) is 0.235. The standard InChI is InChI=1S/C14H26N6O2.2C3H4O2/c1-13(2,11-15-5-9(21)6-16-11)19-20-14(3,4)12-17-7-10(22)8-18-12;2*1-2-3(4)5/h9-10,21-22H,5-8H2,1-4H3,(H,15,16)(H,17,18);2*2H,1H2,(H,4,5). The molecule has 0 fully saturated rings. The second-order valence-corrected chi connectivity index (χ2v) is 7.85. The van der Waals surface area contributed by atoms with Gasteiger partial charge in [0, 0.05) is 25.2 Å². The van der Waals surface area contributed by atoms with Gasteiger partial charge in [0.05, 0.1) is 25.3 Å². The number of β-amino-alcohol motifs (C(OH)–C–C–N with tert-alkyl or cyclic N) is 2. The molecule has 2 unspecified atom stereocenters. The largest absolute Gasteiger partial charge is 0.478 e.